The van der Waals surface area contributed by atoms with E-state index in [4.69, 9.17) is 28.4 Å². The molecule has 0 saturated carbocycles. The molecule has 1 aliphatic rings. The molecule has 9 nitrogen and oxygen atoms in total. The molecule has 0 radical (unpaired) electrons. The Labute approximate surface area is 206 Å². The van der Waals surface area contributed by atoms with Crippen LogP contribution in [-0.4, -0.2) is 57.9 Å². The Morgan fingerprint density at radius 3 is 2.37 bits per heavy atom. The van der Waals surface area contributed by atoms with Gasteiger partial charge in [-0.05, 0) is 24.6 Å². The van der Waals surface area contributed by atoms with Crippen LogP contribution in [0.25, 0.3) is 0 Å². The zero-order chi connectivity index (χ0) is 26.1. The number of carbonyl (C=O) groups is 3. The first-order chi connectivity index (χ1) is 16.6. The number of esters is 2. The molecule has 1 aromatic rings. The van der Waals surface area contributed by atoms with Crippen molar-refractivity contribution in [3.05, 3.63) is 35.4 Å². The minimum atomic E-state index is -0.772. The van der Waals surface area contributed by atoms with Crippen LogP contribution in [0.1, 0.15) is 46.5 Å². The molecule has 194 valence electrons. The summed E-state index contributed by atoms with van der Waals surface area (Å²) in [5.41, 5.74) is 1.39. The molecule has 1 aliphatic heterocycles. The predicted octanol–water partition coefficient (Wildman–Crippen LogP) is 3.65. The molecule has 0 unspecified atom stereocenters. The third kappa shape index (κ3) is 7.80. The van der Waals surface area contributed by atoms with E-state index in [2.05, 4.69) is 0 Å². The molecule has 0 aromatic heterocycles. The highest BCUT2D eigenvalue weighted by molar-refractivity contribution is 5.67. The van der Waals surface area contributed by atoms with Gasteiger partial charge >= 0.3 is 11.9 Å². The number of rotatable bonds is 11. The summed E-state index contributed by atoms with van der Waals surface area (Å²) in [4.78, 5) is 34.9. The fourth-order valence-corrected chi connectivity index (χ4v) is 4.16. The Kier molecular flexibility index (Phi) is 10.7. The number of carbonyl (C=O) groups excluding carboxylic acids is 3. The molecule has 6 atom stereocenters. The van der Waals surface area contributed by atoms with Crippen molar-refractivity contribution in [2.24, 2.45) is 17.8 Å². The van der Waals surface area contributed by atoms with Gasteiger partial charge in [0.15, 0.2) is 17.8 Å². The largest absolute Gasteiger partial charge is 0.493 e. The van der Waals surface area contributed by atoms with Gasteiger partial charge in [-0.25, -0.2) is 0 Å². The van der Waals surface area contributed by atoms with Gasteiger partial charge in [-0.2, -0.15) is 0 Å². The maximum absolute atomic E-state index is 12.0. The second-order valence-electron chi connectivity index (χ2n) is 8.76. The molecule has 35 heavy (non-hydrogen) atoms. The molecule has 0 aliphatic carbocycles. The van der Waals surface area contributed by atoms with E-state index in [9.17, 15) is 14.4 Å². The molecular weight excluding hydrogens is 456 g/mol. The summed E-state index contributed by atoms with van der Waals surface area (Å²) in [5.74, 6) is -0.884. The van der Waals surface area contributed by atoms with E-state index in [-0.39, 0.29) is 18.4 Å². The first-order valence-corrected chi connectivity index (χ1v) is 11.5. The summed E-state index contributed by atoms with van der Waals surface area (Å²) in [6.45, 7) is 8.42. The van der Waals surface area contributed by atoms with E-state index in [0.717, 1.165) is 11.8 Å². The van der Waals surface area contributed by atoms with E-state index >= 15 is 0 Å². The Bertz CT molecular complexity index is 910. The predicted molar refractivity (Wildman–Crippen MR) is 127 cm³/mol. The number of aldehydes is 1. The van der Waals surface area contributed by atoms with E-state index < -0.39 is 36.4 Å². The summed E-state index contributed by atoms with van der Waals surface area (Å²) < 4.78 is 34.1. The van der Waals surface area contributed by atoms with Crippen molar-refractivity contribution in [2.75, 3.05) is 27.4 Å². The van der Waals surface area contributed by atoms with Gasteiger partial charge in [0.05, 0.1) is 32.8 Å². The monoisotopic (exact) mass is 492 g/mol. The van der Waals surface area contributed by atoms with Crippen molar-refractivity contribution in [3.63, 3.8) is 0 Å². The van der Waals surface area contributed by atoms with Crippen LogP contribution in [0.3, 0.4) is 0 Å². The number of methoxy groups -OCH3 is 2. The van der Waals surface area contributed by atoms with Gasteiger partial charge in [0, 0.05) is 31.2 Å². The average Bonchev–Trinajstić information content (AvgIpc) is 2.83. The van der Waals surface area contributed by atoms with Gasteiger partial charge < -0.3 is 33.2 Å². The number of benzene rings is 1. The molecule has 9 heteroatoms. The van der Waals surface area contributed by atoms with Gasteiger partial charge in [0.1, 0.15) is 19.0 Å². The van der Waals surface area contributed by atoms with Crippen molar-refractivity contribution in [2.45, 2.75) is 53.1 Å². The molecule has 0 N–H and O–H groups in total. The highest BCUT2D eigenvalue weighted by Crippen LogP contribution is 2.38. The SMILES string of the molecule is COc1ccc([C@H]2OC[C@@H](C)[C@@H]([C@H](COC(C)=O)[C@H](OC(C)=O)/C(C)=C/[C@@H](C)C=O)O2)cc1OC. The van der Waals surface area contributed by atoms with E-state index in [1.807, 2.05) is 13.0 Å². The highest BCUT2D eigenvalue weighted by atomic mass is 16.7. The van der Waals surface area contributed by atoms with Crippen LogP contribution < -0.4 is 9.47 Å². The minimum absolute atomic E-state index is 0.0401. The quantitative estimate of drug-likeness (QED) is 0.260. The molecule has 0 amide bonds. The zero-order valence-electron chi connectivity index (χ0n) is 21.4. The highest BCUT2D eigenvalue weighted by Gasteiger charge is 2.42. The molecule has 0 bridgehead atoms. The van der Waals surface area contributed by atoms with E-state index in [1.54, 1.807) is 46.3 Å². The topological polar surface area (TPSA) is 107 Å². The summed E-state index contributed by atoms with van der Waals surface area (Å²) >= 11 is 0. The van der Waals surface area contributed by atoms with Gasteiger partial charge in [-0.3, -0.25) is 9.59 Å². The first-order valence-electron chi connectivity index (χ1n) is 11.5. The average molecular weight is 493 g/mol. The summed E-state index contributed by atoms with van der Waals surface area (Å²) in [7, 11) is 3.10. The lowest BCUT2D eigenvalue weighted by atomic mass is 9.84. The van der Waals surface area contributed by atoms with Crippen LogP contribution in [0.4, 0.5) is 0 Å². The van der Waals surface area contributed by atoms with Gasteiger partial charge in [-0.15, -0.1) is 0 Å². The third-order valence-corrected chi connectivity index (χ3v) is 5.80. The van der Waals surface area contributed by atoms with Gasteiger partial charge in [0.25, 0.3) is 0 Å². The zero-order valence-corrected chi connectivity index (χ0v) is 21.4. The van der Waals surface area contributed by atoms with Crippen molar-refractivity contribution in [1.29, 1.82) is 0 Å². The van der Waals surface area contributed by atoms with Gasteiger partial charge in [-0.1, -0.05) is 26.0 Å². The van der Waals surface area contributed by atoms with Crippen LogP contribution in [0.15, 0.2) is 29.8 Å². The summed E-state index contributed by atoms with van der Waals surface area (Å²) in [6, 6.07) is 5.36. The molecule has 1 saturated heterocycles. The lowest BCUT2D eigenvalue weighted by Gasteiger charge is -2.41. The molecule has 1 fully saturated rings. The molecule has 1 aromatic carbocycles. The van der Waals surface area contributed by atoms with Crippen LogP contribution >= 0.6 is 0 Å². The summed E-state index contributed by atoms with van der Waals surface area (Å²) in [5, 5.41) is 0. The fraction of sp³-hybridized carbons (Fsp3) is 0.577. The van der Waals surface area contributed by atoms with Crippen LogP contribution in [0, 0.1) is 17.8 Å². The standard InChI is InChI=1S/C26H36O9/c1-15(12-27)10-16(2)24(34-19(5)29)21(14-32-18(4)28)25-17(3)13-33-26(35-25)20-8-9-22(30-6)23(11-20)31-7/h8-12,15,17,21,24-26H,13-14H2,1-7H3/b16-10+/t15-,17-,21-,24-,25+,26+/m1/s1. The molecule has 1 heterocycles. The van der Waals surface area contributed by atoms with Gasteiger partial charge in [0.2, 0.25) is 0 Å². The molecule has 2 rings (SSSR count). The summed E-state index contributed by atoms with van der Waals surface area (Å²) in [6.07, 6.45) is 0.533. The van der Waals surface area contributed by atoms with Crippen LogP contribution in [0.2, 0.25) is 0 Å². The van der Waals surface area contributed by atoms with Crippen LogP contribution in [0.5, 0.6) is 11.5 Å². The second-order valence-corrected chi connectivity index (χ2v) is 8.76. The van der Waals surface area contributed by atoms with Crippen LogP contribution in [-0.2, 0) is 33.3 Å². The Hall–Kier alpha value is -2.91. The Morgan fingerprint density at radius 2 is 1.80 bits per heavy atom. The maximum Gasteiger partial charge on any atom is 0.303 e. The third-order valence-electron chi connectivity index (χ3n) is 5.80. The van der Waals surface area contributed by atoms with Crippen molar-refractivity contribution >= 4 is 18.2 Å². The maximum atomic E-state index is 12.0. The van der Waals surface area contributed by atoms with Crippen molar-refractivity contribution in [1.82, 2.24) is 0 Å². The fourth-order valence-electron chi connectivity index (χ4n) is 4.16. The smallest absolute Gasteiger partial charge is 0.303 e. The lowest BCUT2D eigenvalue weighted by molar-refractivity contribution is -0.260. The Morgan fingerprint density at radius 1 is 1.11 bits per heavy atom. The Balaban J connectivity index is 2.44. The number of allylic oxidation sites excluding steroid dienone is 1. The number of hydrogen-bond acceptors (Lipinski definition) is 9. The second kappa shape index (κ2) is 13.3. The number of ether oxygens (including phenoxy) is 6. The normalized spacial score (nSPS) is 22.9. The minimum Gasteiger partial charge on any atom is -0.493 e. The molecular formula is C26H36O9. The van der Waals surface area contributed by atoms with Crippen molar-refractivity contribution < 1.29 is 42.8 Å². The first kappa shape index (κ1) is 28.3. The van der Waals surface area contributed by atoms with E-state index in [0.29, 0.717) is 23.7 Å². The number of hydrogen-bond donors (Lipinski definition) is 0. The lowest BCUT2D eigenvalue weighted by Crippen LogP contribution is -2.47. The molecule has 0 spiro atoms. The van der Waals surface area contributed by atoms with Crippen molar-refractivity contribution in [3.8, 4) is 11.5 Å². The van der Waals surface area contributed by atoms with E-state index in [1.165, 1.54) is 13.8 Å².